The van der Waals surface area contributed by atoms with Crippen molar-refractivity contribution >= 4 is 25.8 Å². The van der Waals surface area contributed by atoms with Gasteiger partial charge in [0, 0.05) is 4.83 Å². The van der Waals surface area contributed by atoms with Crippen molar-refractivity contribution in [2.24, 2.45) is 11.8 Å². The van der Waals surface area contributed by atoms with Crippen molar-refractivity contribution < 1.29 is 8.42 Å². The minimum atomic E-state index is -2.69. The lowest BCUT2D eigenvalue weighted by Crippen LogP contribution is -2.14. The van der Waals surface area contributed by atoms with Crippen molar-refractivity contribution in [2.45, 2.75) is 31.5 Å². The van der Waals surface area contributed by atoms with Crippen LogP contribution in [0.4, 0.5) is 0 Å². The lowest BCUT2D eigenvalue weighted by molar-refractivity contribution is 0.474. The summed E-state index contributed by atoms with van der Waals surface area (Å²) in [6.45, 7) is 4.31. The van der Waals surface area contributed by atoms with Gasteiger partial charge in [-0.25, -0.2) is 8.42 Å². The molecular weight excluding hydrogens is 252 g/mol. The van der Waals surface area contributed by atoms with Gasteiger partial charge in [-0.15, -0.1) is 0 Å². The Morgan fingerprint density at radius 1 is 1.46 bits per heavy atom. The molecule has 0 bridgehead atoms. The van der Waals surface area contributed by atoms with Gasteiger partial charge in [0.25, 0.3) is 0 Å². The molecule has 1 rings (SSSR count). The molecule has 1 fully saturated rings. The van der Waals surface area contributed by atoms with Crippen LogP contribution in [0.1, 0.15) is 26.7 Å². The molecule has 0 saturated carbocycles. The van der Waals surface area contributed by atoms with Gasteiger partial charge < -0.3 is 0 Å². The van der Waals surface area contributed by atoms with Gasteiger partial charge >= 0.3 is 0 Å². The Morgan fingerprint density at radius 3 is 2.46 bits per heavy atom. The molecule has 13 heavy (non-hydrogen) atoms. The molecule has 78 valence electrons. The van der Waals surface area contributed by atoms with Gasteiger partial charge in [-0.1, -0.05) is 29.8 Å². The first-order chi connectivity index (χ1) is 5.91. The van der Waals surface area contributed by atoms with E-state index in [0.717, 1.165) is 12.8 Å². The summed E-state index contributed by atoms with van der Waals surface area (Å²) in [5, 5.41) is 0. The van der Waals surface area contributed by atoms with Crippen molar-refractivity contribution in [3.05, 3.63) is 0 Å². The summed E-state index contributed by atoms with van der Waals surface area (Å²) in [6, 6.07) is 0. The molecule has 1 heterocycles. The average molecular weight is 269 g/mol. The molecule has 2 nitrogen and oxygen atoms in total. The van der Waals surface area contributed by atoms with Gasteiger partial charge in [-0.05, 0) is 24.7 Å². The number of hydrogen-bond donors (Lipinski definition) is 0. The smallest absolute Gasteiger partial charge is 0.150 e. The van der Waals surface area contributed by atoms with Crippen LogP contribution >= 0.6 is 15.9 Å². The standard InChI is InChI=1S/C9H17BrO2S/c1-7(2)9(10)5-8-3-4-13(11,12)6-8/h7-9H,3-6H2,1-2H3. The molecule has 0 spiro atoms. The third kappa shape index (κ3) is 3.58. The Bertz CT molecular complexity index is 259. The maximum atomic E-state index is 11.2. The Hall–Kier alpha value is 0.430. The fourth-order valence-electron chi connectivity index (χ4n) is 1.65. The van der Waals surface area contributed by atoms with Crippen LogP contribution in [0.15, 0.2) is 0 Å². The van der Waals surface area contributed by atoms with Gasteiger partial charge in [0.05, 0.1) is 11.5 Å². The molecule has 4 heteroatoms. The maximum Gasteiger partial charge on any atom is 0.150 e. The Kier molecular flexibility index (Phi) is 3.81. The fraction of sp³-hybridized carbons (Fsp3) is 1.00. The number of hydrogen-bond acceptors (Lipinski definition) is 2. The minimum Gasteiger partial charge on any atom is -0.229 e. The third-order valence-electron chi connectivity index (χ3n) is 2.61. The van der Waals surface area contributed by atoms with Crippen molar-refractivity contribution in [1.29, 1.82) is 0 Å². The van der Waals surface area contributed by atoms with Gasteiger partial charge in [0.15, 0.2) is 9.84 Å². The second-order valence-corrected chi connectivity index (χ2v) is 7.67. The summed E-state index contributed by atoms with van der Waals surface area (Å²) in [7, 11) is -2.69. The highest BCUT2D eigenvalue weighted by Gasteiger charge is 2.29. The zero-order valence-electron chi connectivity index (χ0n) is 8.16. The van der Waals surface area contributed by atoms with Crippen LogP contribution in [-0.2, 0) is 9.84 Å². The first-order valence-corrected chi connectivity index (χ1v) is 7.49. The molecule has 2 unspecified atom stereocenters. The first kappa shape index (κ1) is 11.5. The monoisotopic (exact) mass is 268 g/mol. The minimum absolute atomic E-state index is 0.386. The van der Waals surface area contributed by atoms with E-state index in [1.807, 2.05) is 0 Å². The van der Waals surface area contributed by atoms with Crippen LogP contribution in [0.2, 0.25) is 0 Å². The van der Waals surface area contributed by atoms with Crippen molar-refractivity contribution in [1.82, 2.24) is 0 Å². The van der Waals surface area contributed by atoms with E-state index in [1.54, 1.807) is 0 Å². The largest absolute Gasteiger partial charge is 0.229 e. The van der Waals surface area contributed by atoms with Crippen LogP contribution in [0, 0.1) is 11.8 Å². The molecule has 0 aliphatic carbocycles. The molecule has 0 radical (unpaired) electrons. The second kappa shape index (κ2) is 4.30. The van der Waals surface area contributed by atoms with E-state index in [9.17, 15) is 8.42 Å². The zero-order valence-corrected chi connectivity index (χ0v) is 10.6. The van der Waals surface area contributed by atoms with Gasteiger partial charge in [-0.2, -0.15) is 0 Å². The molecule has 0 aromatic carbocycles. The lowest BCUT2D eigenvalue weighted by Gasteiger charge is -2.16. The summed E-state index contributed by atoms with van der Waals surface area (Å²) in [5.41, 5.74) is 0. The van der Waals surface area contributed by atoms with Crippen molar-refractivity contribution in [3.8, 4) is 0 Å². The molecule has 0 amide bonds. The van der Waals surface area contributed by atoms with Crippen molar-refractivity contribution in [2.75, 3.05) is 11.5 Å². The lowest BCUT2D eigenvalue weighted by atomic mass is 9.97. The predicted octanol–water partition coefficient (Wildman–Crippen LogP) is 2.23. The summed E-state index contributed by atoms with van der Waals surface area (Å²) in [6.07, 6.45) is 1.86. The normalized spacial score (nSPS) is 29.4. The highest BCUT2D eigenvalue weighted by atomic mass is 79.9. The Balaban J connectivity index is 2.41. The maximum absolute atomic E-state index is 11.2. The van der Waals surface area contributed by atoms with E-state index >= 15 is 0 Å². The predicted molar refractivity (Wildman–Crippen MR) is 58.9 cm³/mol. The summed E-state index contributed by atoms with van der Waals surface area (Å²) in [4.78, 5) is 0.464. The highest BCUT2D eigenvalue weighted by Crippen LogP contribution is 2.28. The van der Waals surface area contributed by atoms with E-state index in [-0.39, 0.29) is 0 Å². The summed E-state index contributed by atoms with van der Waals surface area (Å²) < 4.78 is 22.4. The SMILES string of the molecule is CC(C)C(Br)CC1CCS(=O)(=O)C1. The number of alkyl halides is 1. The molecular formula is C9H17BrO2S. The quantitative estimate of drug-likeness (QED) is 0.736. The zero-order chi connectivity index (χ0) is 10.1. The fourth-order valence-corrected chi connectivity index (χ4v) is 4.06. The topological polar surface area (TPSA) is 34.1 Å². The van der Waals surface area contributed by atoms with Gasteiger partial charge in [0.1, 0.15) is 0 Å². The van der Waals surface area contributed by atoms with Crippen LogP contribution in [0.3, 0.4) is 0 Å². The van der Waals surface area contributed by atoms with Crippen LogP contribution in [0.25, 0.3) is 0 Å². The molecule has 1 aliphatic rings. The Morgan fingerprint density at radius 2 is 2.08 bits per heavy atom. The van der Waals surface area contributed by atoms with Crippen LogP contribution < -0.4 is 0 Å². The van der Waals surface area contributed by atoms with E-state index < -0.39 is 9.84 Å². The average Bonchev–Trinajstić information content (AvgIpc) is 2.30. The molecule has 0 aromatic heterocycles. The summed E-state index contributed by atoms with van der Waals surface area (Å²) in [5.74, 6) is 1.78. The first-order valence-electron chi connectivity index (χ1n) is 4.75. The number of sulfone groups is 1. The van der Waals surface area contributed by atoms with Crippen molar-refractivity contribution in [3.63, 3.8) is 0 Å². The molecule has 1 saturated heterocycles. The number of rotatable bonds is 3. The highest BCUT2D eigenvalue weighted by molar-refractivity contribution is 9.09. The van der Waals surface area contributed by atoms with Crippen LogP contribution in [-0.4, -0.2) is 24.8 Å². The summed E-state index contributed by atoms with van der Waals surface area (Å²) >= 11 is 3.59. The van der Waals surface area contributed by atoms with E-state index in [2.05, 4.69) is 29.8 Å². The van der Waals surface area contributed by atoms with Gasteiger partial charge in [0.2, 0.25) is 0 Å². The molecule has 0 N–H and O–H groups in total. The number of halogens is 1. The van der Waals surface area contributed by atoms with Gasteiger partial charge in [-0.3, -0.25) is 0 Å². The molecule has 0 aromatic rings. The Labute approximate surface area is 89.1 Å². The second-order valence-electron chi connectivity index (χ2n) is 4.26. The van der Waals surface area contributed by atoms with E-state index in [1.165, 1.54) is 0 Å². The van der Waals surface area contributed by atoms with Crippen LogP contribution in [0.5, 0.6) is 0 Å². The third-order valence-corrected chi connectivity index (χ3v) is 5.88. The molecule has 1 aliphatic heterocycles. The van der Waals surface area contributed by atoms with E-state index in [4.69, 9.17) is 0 Å². The van der Waals surface area contributed by atoms with E-state index in [0.29, 0.717) is 28.2 Å². The molecule has 2 atom stereocenters.